The van der Waals surface area contributed by atoms with Crippen LogP contribution in [0.25, 0.3) is 0 Å². The van der Waals surface area contributed by atoms with Gasteiger partial charge in [0.15, 0.2) is 0 Å². The number of aryl methyl sites for hydroxylation is 1. The molecule has 3 atom stereocenters. The molecule has 1 aliphatic carbocycles. The third kappa shape index (κ3) is 5.12. The Bertz CT molecular complexity index is 726. The number of allylic oxidation sites excluding steroid dienone is 1. The van der Waals surface area contributed by atoms with Crippen molar-refractivity contribution in [2.45, 2.75) is 65.6 Å². The van der Waals surface area contributed by atoms with Crippen molar-refractivity contribution in [3.8, 4) is 5.75 Å². The second kappa shape index (κ2) is 7.75. The molecule has 3 rings (SSSR count). The minimum Gasteiger partial charge on any atom is -0.493 e. The quantitative estimate of drug-likeness (QED) is 0.736. The van der Waals surface area contributed by atoms with Crippen molar-refractivity contribution < 1.29 is 23.8 Å². The summed E-state index contributed by atoms with van der Waals surface area (Å²) in [5, 5.41) is 0. The number of carbonyl (C=O) groups excluding carboxylic acids is 2. The van der Waals surface area contributed by atoms with Crippen molar-refractivity contribution in [1.82, 2.24) is 0 Å². The van der Waals surface area contributed by atoms with Gasteiger partial charge in [-0.1, -0.05) is 38.5 Å². The Morgan fingerprint density at radius 3 is 2.56 bits per heavy atom. The van der Waals surface area contributed by atoms with Gasteiger partial charge >= 0.3 is 5.97 Å². The fourth-order valence-corrected chi connectivity index (χ4v) is 3.51. The highest BCUT2D eigenvalue weighted by atomic mass is 16.5. The molecule has 5 nitrogen and oxygen atoms in total. The van der Waals surface area contributed by atoms with Crippen LogP contribution < -0.4 is 4.74 Å². The normalized spacial score (nSPS) is 25.1. The molecule has 3 unspecified atom stereocenters. The summed E-state index contributed by atoms with van der Waals surface area (Å²) in [7, 11) is 0. The lowest BCUT2D eigenvalue weighted by atomic mass is 9.80. The second-order valence-corrected chi connectivity index (χ2v) is 8.70. The Hall–Kier alpha value is -2.30. The van der Waals surface area contributed by atoms with E-state index in [1.54, 1.807) is 0 Å². The highest BCUT2D eigenvalue weighted by Gasteiger charge is 2.42. The molecule has 0 saturated heterocycles. The van der Waals surface area contributed by atoms with Crippen LogP contribution in [0.2, 0.25) is 0 Å². The van der Waals surface area contributed by atoms with E-state index in [1.807, 2.05) is 52.0 Å². The maximum atomic E-state index is 12.8. The van der Waals surface area contributed by atoms with Gasteiger partial charge in [-0.15, -0.1) is 0 Å². The zero-order valence-electron chi connectivity index (χ0n) is 16.5. The molecule has 146 valence electrons. The Balaban J connectivity index is 1.59. The molecule has 0 N–H and O–H groups in total. The molecule has 1 aromatic rings. The highest BCUT2D eigenvalue weighted by Crippen LogP contribution is 2.35. The fraction of sp³-hybridized carbons (Fsp3) is 0.545. The van der Waals surface area contributed by atoms with Crippen molar-refractivity contribution in [2.24, 2.45) is 11.3 Å². The van der Waals surface area contributed by atoms with Crippen LogP contribution in [0, 0.1) is 18.3 Å². The molecule has 0 radical (unpaired) electrons. The Kier molecular flexibility index (Phi) is 5.59. The van der Waals surface area contributed by atoms with E-state index in [0.29, 0.717) is 31.4 Å². The maximum absolute atomic E-state index is 12.8. The van der Waals surface area contributed by atoms with Crippen LogP contribution in [-0.2, 0) is 19.1 Å². The van der Waals surface area contributed by atoms with E-state index in [0.717, 1.165) is 5.56 Å². The van der Waals surface area contributed by atoms with Crippen LogP contribution in [0.4, 0.5) is 0 Å². The van der Waals surface area contributed by atoms with E-state index >= 15 is 0 Å². The number of esters is 1. The lowest BCUT2D eigenvalue weighted by Crippen LogP contribution is -2.43. The summed E-state index contributed by atoms with van der Waals surface area (Å²) in [6, 6.07) is 7.54. The van der Waals surface area contributed by atoms with E-state index < -0.39 is 0 Å². The lowest BCUT2D eigenvalue weighted by Gasteiger charge is -2.37. The molecule has 1 heterocycles. The monoisotopic (exact) mass is 372 g/mol. The van der Waals surface area contributed by atoms with Gasteiger partial charge in [-0.2, -0.15) is 0 Å². The number of ether oxygens (including phenoxy) is 3. The summed E-state index contributed by atoms with van der Waals surface area (Å²) in [5.41, 5.74) is 1.03. The van der Waals surface area contributed by atoms with Gasteiger partial charge in [-0.3, -0.25) is 9.59 Å². The average molecular weight is 372 g/mol. The van der Waals surface area contributed by atoms with E-state index in [-0.39, 0.29) is 41.1 Å². The van der Waals surface area contributed by atoms with Crippen LogP contribution in [0.15, 0.2) is 36.3 Å². The lowest BCUT2D eigenvalue weighted by molar-refractivity contribution is -0.157. The molecule has 1 saturated carbocycles. The topological polar surface area (TPSA) is 61.8 Å². The third-order valence-electron chi connectivity index (χ3n) is 4.89. The number of fused-ring (bicyclic) bond motifs is 1. The molecule has 1 aliphatic heterocycles. The first kappa shape index (κ1) is 19.5. The van der Waals surface area contributed by atoms with Crippen LogP contribution >= 0.6 is 0 Å². The zero-order chi connectivity index (χ0) is 19.6. The number of carbonyl (C=O) groups is 2. The highest BCUT2D eigenvalue weighted by molar-refractivity contribution is 5.96. The predicted octanol–water partition coefficient (Wildman–Crippen LogP) is 4.33. The van der Waals surface area contributed by atoms with Crippen LogP contribution in [-0.4, -0.2) is 24.0 Å². The molecular weight excluding hydrogens is 344 g/mol. The number of ketones is 1. The van der Waals surface area contributed by atoms with Crippen molar-refractivity contribution in [3.05, 3.63) is 41.9 Å². The van der Waals surface area contributed by atoms with Gasteiger partial charge in [0.05, 0.1) is 12.3 Å². The maximum Gasteiger partial charge on any atom is 0.306 e. The first-order valence-corrected chi connectivity index (χ1v) is 9.55. The van der Waals surface area contributed by atoms with Crippen molar-refractivity contribution in [3.63, 3.8) is 0 Å². The molecular formula is C22H28O5. The van der Waals surface area contributed by atoms with E-state index in [4.69, 9.17) is 14.2 Å². The first-order valence-electron chi connectivity index (χ1n) is 9.55. The van der Waals surface area contributed by atoms with Crippen LogP contribution in [0.1, 0.15) is 52.0 Å². The van der Waals surface area contributed by atoms with Gasteiger partial charge in [-0.25, -0.2) is 0 Å². The summed E-state index contributed by atoms with van der Waals surface area (Å²) >= 11 is 0. The predicted molar refractivity (Wildman–Crippen MR) is 101 cm³/mol. The summed E-state index contributed by atoms with van der Waals surface area (Å²) in [6.45, 7) is 8.02. The van der Waals surface area contributed by atoms with Crippen molar-refractivity contribution in [1.29, 1.82) is 0 Å². The van der Waals surface area contributed by atoms with Gasteiger partial charge in [-0.05, 0) is 37.3 Å². The van der Waals surface area contributed by atoms with Gasteiger partial charge in [0, 0.05) is 6.42 Å². The number of Topliss-reactive ketones (excluding diaryl/α,β-unsaturated/α-hetero) is 1. The van der Waals surface area contributed by atoms with Crippen molar-refractivity contribution in [2.75, 3.05) is 0 Å². The SMILES string of the molecule is Cc1ccc(OC2=COC3CC(OC(=O)CC(C)(C)C)CCC3C2=O)cc1. The Morgan fingerprint density at radius 1 is 1.19 bits per heavy atom. The molecule has 2 aliphatic rings. The largest absolute Gasteiger partial charge is 0.493 e. The molecule has 5 heteroatoms. The fourth-order valence-electron chi connectivity index (χ4n) is 3.51. The van der Waals surface area contributed by atoms with Gasteiger partial charge in [0.1, 0.15) is 24.2 Å². The number of hydrogen-bond acceptors (Lipinski definition) is 5. The summed E-state index contributed by atoms with van der Waals surface area (Å²) in [6.07, 6.45) is 3.18. The summed E-state index contributed by atoms with van der Waals surface area (Å²) in [5.74, 6) is 0.390. The van der Waals surface area contributed by atoms with Crippen LogP contribution in [0.3, 0.4) is 0 Å². The minimum absolute atomic E-state index is 0.0358. The number of hydrogen-bond donors (Lipinski definition) is 0. The third-order valence-corrected chi connectivity index (χ3v) is 4.89. The Morgan fingerprint density at radius 2 is 1.89 bits per heavy atom. The van der Waals surface area contributed by atoms with Gasteiger partial charge in [0.2, 0.25) is 11.5 Å². The molecule has 27 heavy (non-hydrogen) atoms. The van der Waals surface area contributed by atoms with Gasteiger partial charge < -0.3 is 14.2 Å². The first-order chi connectivity index (χ1) is 12.7. The smallest absolute Gasteiger partial charge is 0.306 e. The summed E-state index contributed by atoms with van der Waals surface area (Å²) < 4.78 is 17.1. The minimum atomic E-state index is -0.260. The van der Waals surface area contributed by atoms with E-state index in [1.165, 1.54) is 6.26 Å². The second-order valence-electron chi connectivity index (χ2n) is 8.70. The molecule has 1 fully saturated rings. The zero-order valence-corrected chi connectivity index (χ0v) is 16.5. The van der Waals surface area contributed by atoms with Gasteiger partial charge in [0.25, 0.3) is 0 Å². The van der Waals surface area contributed by atoms with Crippen molar-refractivity contribution >= 4 is 11.8 Å². The van der Waals surface area contributed by atoms with E-state index in [9.17, 15) is 9.59 Å². The molecule has 0 spiro atoms. The molecule has 0 aromatic heterocycles. The number of benzene rings is 1. The Labute approximate surface area is 160 Å². The molecule has 1 aromatic carbocycles. The van der Waals surface area contributed by atoms with E-state index in [2.05, 4.69) is 0 Å². The number of rotatable bonds is 4. The van der Waals surface area contributed by atoms with Crippen LogP contribution in [0.5, 0.6) is 5.75 Å². The average Bonchev–Trinajstić information content (AvgIpc) is 2.57. The molecule has 0 bridgehead atoms. The standard InChI is InChI=1S/C22H28O5/c1-14-5-7-15(8-6-14)26-19-13-25-18-11-16(9-10-17(18)21(19)24)27-20(23)12-22(2,3)4/h5-8,13,16-18H,9-12H2,1-4H3. The summed E-state index contributed by atoms with van der Waals surface area (Å²) in [4.78, 5) is 24.8. The molecule has 0 amide bonds.